The number of para-hydroxylation sites is 2. The molecule has 110 valence electrons. The summed E-state index contributed by atoms with van der Waals surface area (Å²) in [5.74, 6) is 0.597. The molecule has 5 heteroatoms. The molecule has 2 aromatic carbocycles. The third kappa shape index (κ3) is 3.67. The number of ether oxygens (including phenoxy) is 1. The second kappa shape index (κ2) is 6.50. The van der Waals surface area contributed by atoms with Gasteiger partial charge in [-0.15, -0.1) is 0 Å². The average molecular weight is 305 g/mol. The van der Waals surface area contributed by atoms with Crippen LogP contribution in [-0.4, -0.2) is 13.1 Å². The van der Waals surface area contributed by atoms with Crippen LogP contribution in [0.5, 0.6) is 5.75 Å². The topological polar surface area (TPSA) is 50.4 Å². The normalized spacial score (nSPS) is 10.1. The molecule has 0 bridgehead atoms. The van der Waals surface area contributed by atoms with Crippen molar-refractivity contribution < 1.29 is 9.53 Å². The van der Waals surface area contributed by atoms with Crippen molar-refractivity contribution in [1.82, 2.24) is 0 Å². The van der Waals surface area contributed by atoms with Crippen molar-refractivity contribution in [3.05, 3.63) is 52.5 Å². The molecular formula is C16H17ClN2O2. The predicted molar refractivity (Wildman–Crippen MR) is 86.6 cm³/mol. The molecule has 0 saturated carbocycles. The summed E-state index contributed by atoms with van der Waals surface area (Å²) in [5.41, 5.74) is 3.16. The molecule has 0 aromatic heterocycles. The molecule has 0 atom stereocenters. The molecule has 0 unspecified atom stereocenters. The smallest absolute Gasteiger partial charge is 0.323 e. The number of methoxy groups -OCH3 is 1. The van der Waals surface area contributed by atoms with E-state index >= 15 is 0 Å². The van der Waals surface area contributed by atoms with Gasteiger partial charge in [-0.2, -0.15) is 0 Å². The van der Waals surface area contributed by atoms with Gasteiger partial charge in [0.2, 0.25) is 0 Å². The van der Waals surface area contributed by atoms with Crippen LogP contribution < -0.4 is 15.4 Å². The Morgan fingerprint density at radius 2 is 1.86 bits per heavy atom. The van der Waals surface area contributed by atoms with Crippen LogP contribution >= 0.6 is 11.6 Å². The summed E-state index contributed by atoms with van der Waals surface area (Å²) in [4.78, 5) is 12.1. The van der Waals surface area contributed by atoms with Gasteiger partial charge < -0.3 is 15.4 Å². The second-order valence-electron chi connectivity index (χ2n) is 4.72. The van der Waals surface area contributed by atoms with E-state index in [9.17, 15) is 4.79 Å². The molecular weight excluding hydrogens is 288 g/mol. The van der Waals surface area contributed by atoms with Gasteiger partial charge in [-0.25, -0.2) is 4.79 Å². The highest BCUT2D eigenvalue weighted by Crippen LogP contribution is 2.28. The van der Waals surface area contributed by atoms with Gasteiger partial charge >= 0.3 is 6.03 Å². The highest BCUT2D eigenvalue weighted by molar-refractivity contribution is 6.34. The van der Waals surface area contributed by atoms with Crippen LogP contribution in [0.15, 0.2) is 36.4 Å². The van der Waals surface area contributed by atoms with E-state index in [1.807, 2.05) is 38.1 Å². The lowest BCUT2D eigenvalue weighted by molar-refractivity contribution is 0.262. The fourth-order valence-electron chi connectivity index (χ4n) is 2.09. The van der Waals surface area contributed by atoms with Crippen molar-refractivity contribution in [2.75, 3.05) is 17.7 Å². The third-order valence-corrected chi connectivity index (χ3v) is 3.32. The number of aryl methyl sites for hydroxylation is 2. The van der Waals surface area contributed by atoms with Gasteiger partial charge in [-0.3, -0.25) is 0 Å². The Morgan fingerprint density at radius 3 is 2.52 bits per heavy atom. The SMILES string of the molecule is COc1ccccc1NC(=O)Nc1c(C)cc(C)cc1Cl. The van der Waals surface area contributed by atoms with Crippen molar-refractivity contribution >= 4 is 29.0 Å². The van der Waals surface area contributed by atoms with Gasteiger partial charge in [0.25, 0.3) is 0 Å². The number of benzene rings is 2. The Kier molecular flexibility index (Phi) is 4.70. The standard InChI is InChI=1S/C16H17ClN2O2/c1-10-8-11(2)15(12(17)9-10)19-16(20)18-13-6-4-5-7-14(13)21-3/h4-9H,1-3H3,(H2,18,19,20). The maximum Gasteiger partial charge on any atom is 0.323 e. The van der Waals surface area contributed by atoms with Crippen molar-refractivity contribution in [2.24, 2.45) is 0 Å². The van der Waals surface area contributed by atoms with Crippen LogP contribution in [0.3, 0.4) is 0 Å². The number of nitrogens with one attached hydrogen (secondary N) is 2. The first-order chi connectivity index (χ1) is 10.0. The third-order valence-electron chi connectivity index (χ3n) is 3.03. The van der Waals surface area contributed by atoms with Gasteiger partial charge in [-0.05, 0) is 43.2 Å². The molecule has 0 radical (unpaired) electrons. The summed E-state index contributed by atoms with van der Waals surface area (Å²) < 4.78 is 5.19. The summed E-state index contributed by atoms with van der Waals surface area (Å²) in [6.45, 7) is 3.86. The first-order valence-corrected chi connectivity index (χ1v) is 6.87. The molecule has 0 aliphatic heterocycles. The summed E-state index contributed by atoms with van der Waals surface area (Å²) in [5, 5.41) is 6.03. The first-order valence-electron chi connectivity index (χ1n) is 6.49. The fourth-order valence-corrected chi connectivity index (χ4v) is 2.46. The molecule has 2 aromatic rings. The molecule has 0 fully saturated rings. The average Bonchev–Trinajstić information content (AvgIpc) is 2.43. The number of amides is 2. The summed E-state index contributed by atoms with van der Waals surface area (Å²) in [7, 11) is 1.55. The summed E-state index contributed by atoms with van der Waals surface area (Å²) in [6, 6.07) is 10.6. The lowest BCUT2D eigenvalue weighted by Crippen LogP contribution is -2.20. The van der Waals surface area contributed by atoms with Crippen LogP contribution in [0.25, 0.3) is 0 Å². The van der Waals surface area contributed by atoms with Gasteiger partial charge in [0, 0.05) is 0 Å². The van der Waals surface area contributed by atoms with Gasteiger partial charge in [-0.1, -0.05) is 29.8 Å². The maximum atomic E-state index is 12.1. The number of hydrogen-bond acceptors (Lipinski definition) is 2. The number of carbonyl (C=O) groups is 1. The minimum atomic E-state index is -0.367. The monoisotopic (exact) mass is 304 g/mol. The van der Waals surface area contributed by atoms with Crippen LogP contribution in [0.2, 0.25) is 5.02 Å². The van der Waals surface area contributed by atoms with Crippen molar-refractivity contribution in [1.29, 1.82) is 0 Å². The molecule has 4 nitrogen and oxygen atoms in total. The molecule has 0 aliphatic rings. The minimum absolute atomic E-state index is 0.367. The number of rotatable bonds is 3. The summed E-state index contributed by atoms with van der Waals surface area (Å²) in [6.07, 6.45) is 0. The van der Waals surface area contributed by atoms with Crippen LogP contribution in [0.4, 0.5) is 16.2 Å². The predicted octanol–water partition coefficient (Wildman–Crippen LogP) is 4.61. The minimum Gasteiger partial charge on any atom is -0.495 e. The van der Waals surface area contributed by atoms with Crippen molar-refractivity contribution in [2.45, 2.75) is 13.8 Å². The van der Waals surface area contributed by atoms with E-state index < -0.39 is 0 Å². The van der Waals surface area contributed by atoms with Gasteiger partial charge in [0.05, 0.1) is 23.5 Å². The van der Waals surface area contributed by atoms with Gasteiger partial charge in [0.1, 0.15) is 5.75 Å². The Morgan fingerprint density at radius 1 is 1.14 bits per heavy atom. The molecule has 21 heavy (non-hydrogen) atoms. The quantitative estimate of drug-likeness (QED) is 0.870. The van der Waals surface area contributed by atoms with Crippen LogP contribution in [-0.2, 0) is 0 Å². The number of halogens is 1. The molecule has 2 amide bonds. The fraction of sp³-hybridized carbons (Fsp3) is 0.188. The Bertz CT molecular complexity index is 648. The van der Waals surface area contributed by atoms with E-state index in [0.717, 1.165) is 11.1 Å². The maximum absolute atomic E-state index is 12.1. The molecule has 0 spiro atoms. The zero-order chi connectivity index (χ0) is 15.4. The van der Waals surface area contributed by atoms with E-state index in [1.54, 1.807) is 19.2 Å². The number of carbonyl (C=O) groups excluding carboxylic acids is 1. The van der Waals surface area contributed by atoms with Crippen LogP contribution in [0, 0.1) is 13.8 Å². The number of urea groups is 1. The van der Waals surface area contributed by atoms with E-state index in [-0.39, 0.29) is 6.03 Å². The van der Waals surface area contributed by atoms with E-state index in [2.05, 4.69) is 10.6 Å². The highest BCUT2D eigenvalue weighted by Gasteiger charge is 2.11. The van der Waals surface area contributed by atoms with E-state index in [0.29, 0.717) is 22.1 Å². The molecule has 0 saturated heterocycles. The zero-order valence-electron chi connectivity index (χ0n) is 12.2. The lowest BCUT2D eigenvalue weighted by Gasteiger charge is -2.14. The number of hydrogen-bond donors (Lipinski definition) is 2. The largest absolute Gasteiger partial charge is 0.495 e. The first kappa shape index (κ1) is 15.2. The zero-order valence-corrected chi connectivity index (χ0v) is 12.9. The van der Waals surface area contributed by atoms with E-state index in [4.69, 9.17) is 16.3 Å². The molecule has 2 N–H and O–H groups in total. The Balaban J connectivity index is 2.16. The Labute approximate surface area is 129 Å². The van der Waals surface area contributed by atoms with Crippen molar-refractivity contribution in [3.8, 4) is 5.75 Å². The van der Waals surface area contributed by atoms with Crippen LogP contribution in [0.1, 0.15) is 11.1 Å². The Hall–Kier alpha value is -2.20. The van der Waals surface area contributed by atoms with Crippen molar-refractivity contribution in [3.63, 3.8) is 0 Å². The molecule has 0 heterocycles. The summed E-state index contributed by atoms with van der Waals surface area (Å²) >= 11 is 6.17. The number of anilines is 2. The lowest BCUT2D eigenvalue weighted by atomic mass is 10.1. The highest BCUT2D eigenvalue weighted by atomic mass is 35.5. The van der Waals surface area contributed by atoms with Gasteiger partial charge in [0.15, 0.2) is 0 Å². The molecule has 2 rings (SSSR count). The molecule has 0 aliphatic carbocycles. The van der Waals surface area contributed by atoms with E-state index in [1.165, 1.54) is 0 Å². The second-order valence-corrected chi connectivity index (χ2v) is 5.13.